The molecule has 0 bridgehead atoms. The quantitative estimate of drug-likeness (QED) is 0.760. The lowest BCUT2D eigenvalue weighted by Crippen LogP contribution is -2.37. The van der Waals surface area contributed by atoms with Gasteiger partial charge in [0.15, 0.2) is 0 Å². The Kier molecular flexibility index (Phi) is 3.14. The third-order valence-electron chi connectivity index (χ3n) is 3.93. The van der Waals surface area contributed by atoms with Crippen molar-refractivity contribution in [2.45, 2.75) is 6.92 Å². The van der Waals surface area contributed by atoms with E-state index in [0.717, 1.165) is 0 Å². The van der Waals surface area contributed by atoms with Gasteiger partial charge in [-0.15, -0.1) is 0 Å². The zero-order valence-electron chi connectivity index (χ0n) is 11.3. The minimum atomic E-state index is -0.304. The zero-order valence-corrected chi connectivity index (χ0v) is 11.3. The second-order valence-electron chi connectivity index (χ2n) is 5.46. The van der Waals surface area contributed by atoms with Crippen molar-refractivity contribution in [1.29, 1.82) is 0 Å². The zero-order chi connectivity index (χ0) is 14.3. The Labute approximate surface area is 117 Å². The van der Waals surface area contributed by atoms with Crippen molar-refractivity contribution < 1.29 is 14.4 Å². The maximum absolute atomic E-state index is 12.4. The molecule has 1 aromatic rings. The van der Waals surface area contributed by atoms with Gasteiger partial charge in [0, 0.05) is 13.1 Å². The molecule has 2 fully saturated rings. The van der Waals surface area contributed by atoms with Gasteiger partial charge in [0.2, 0.25) is 11.8 Å². The van der Waals surface area contributed by atoms with E-state index in [1.54, 1.807) is 12.1 Å². The normalized spacial score (nSPS) is 26.1. The summed E-state index contributed by atoms with van der Waals surface area (Å²) in [6.45, 7) is 2.84. The van der Waals surface area contributed by atoms with Gasteiger partial charge >= 0.3 is 0 Å². The molecule has 2 heterocycles. The Hall–Kier alpha value is -2.01. The Morgan fingerprint density at radius 2 is 1.65 bits per heavy atom. The number of Topliss-reactive ketones (excluding diaryl/α,β-unsaturated/α-hetero) is 1. The summed E-state index contributed by atoms with van der Waals surface area (Å²) in [6.07, 6.45) is 0. The van der Waals surface area contributed by atoms with Crippen molar-refractivity contribution in [3.8, 4) is 0 Å². The number of para-hydroxylation sites is 1. The van der Waals surface area contributed by atoms with E-state index < -0.39 is 0 Å². The molecule has 0 aromatic heterocycles. The van der Waals surface area contributed by atoms with Gasteiger partial charge in [-0.05, 0) is 19.1 Å². The van der Waals surface area contributed by atoms with Crippen molar-refractivity contribution in [2.75, 3.05) is 24.5 Å². The number of amides is 2. The summed E-state index contributed by atoms with van der Waals surface area (Å²) in [5.74, 6) is -0.830. The summed E-state index contributed by atoms with van der Waals surface area (Å²) in [5.41, 5.74) is 0.634. The second kappa shape index (κ2) is 4.83. The monoisotopic (exact) mass is 272 g/mol. The van der Waals surface area contributed by atoms with Crippen LogP contribution in [-0.4, -0.2) is 42.1 Å². The first-order valence-corrected chi connectivity index (χ1v) is 6.72. The van der Waals surface area contributed by atoms with E-state index >= 15 is 0 Å². The van der Waals surface area contributed by atoms with E-state index in [-0.39, 0.29) is 29.4 Å². The summed E-state index contributed by atoms with van der Waals surface area (Å²) < 4.78 is 0. The van der Waals surface area contributed by atoms with Gasteiger partial charge in [-0.1, -0.05) is 18.2 Å². The van der Waals surface area contributed by atoms with Crippen LogP contribution in [0.3, 0.4) is 0 Å². The first kappa shape index (κ1) is 13.0. The molecule has 0 saturated carbocycles. The van der Waals surface area contributed by atoms with Crippen molar-refractivity contribution in [1.82, 2.24) is 4.90 Å². The van der Waals surface area contributed by atoms with Crippen molar-refractivity contribution in [3.05, 3.63) is 30.3 Å². The molecule has 0 N–H and O–H groups in total. The van der Waals surface area contributed by atoms with Gasteiger partial charge in [-0.25, -0.2) is 4.90 Å². The molecular formula is C15H16N2O3. The minimum absolute atomic E-state index is 0.0600. The summed E-state index contributed by atoms with van der Waals surface area (Å²) in [4.78, 5) is 39.2. The summed E-state index contributed by atoms with van der Waals surface area (Å²) in [5, 5.41) is 0. The van der Waals surface area contributed by atoms with Gasteiger partial charge in [0.05, 0.1) is 24.1 Å². The fourth-order valence-electron chi connectivity index (χ4n) is 3.10. The van der Waals surface area contributed by atoms with Crippen LogP contribution in [0.25, 0.3) is 0 Å². The highest BCUT2D eigenvalue weighted by atomic mass is 16.2. The predicted octanol–water partition coefficient (Wildman–Crippen LogP) is 0.697. The standard InChI is InChI=1S/C15H16N2O3/c1-10(18)7-16-8-12-13(9-16)15(20)17(14(12)19)11-5-3-2-4-6-11/h2-6,12-13H,7-9H2,1H3. The smallest absolute Gasteiger partial charge is 0.239 e. The average Bonchev–Trinajstić information content (AvgIpc) is 2.91. The van der Waals surface area contributed by atoms with Crippen LogP contribution in [0.1, 0.15) is 6.92 Å². The number of ketones is 1. The Morgan fingerprint density at radius 1 is 1.10 bits per heavy atom. The minimum Gasteiger partial charge on any atom is -0.299 e. The largest absolute Gasteiger partial charge is 0.299 e. The lowest BCUT2D eigenvalue weighted by molar-refractivity contribution is -0.124. The number of fused-ring (bicyclic) bond motifs is 1. The molecule has 0 spiro atoms. The molecule has 2 unspecified atom stereocenters. The van der Waals surface area contributed by atoms with Crippen LogP contribution < -0.4 is 4.90 Å². The molecule has 20 heavy (non-hydrogen) atoms. The Bertz CT molecular complexity index is 546. The van der Waals surface area contributed by atoms with Crippen LogP contribution in [0, 0.1) is 11.8 Å². The number of carbonyl (C=O) groups excluding carboxylic acids is 3. The maximum atomic E-state index is 12.4. The highest BCUT2D eigenvalue weighted by Crippen LogP contribution is 2.35. The van der Waals surface area contributed by atoms with Crippen LogP contribution in [0.2, 0.25) is 0 Å². The summed E-state index contributed by atoms with van der Waals surface area (Å²) in [6, 6.07) is 9.01. The van der Waals surface area contributed by atoms with Crippen molar-refractivity contribution in [3.63, 3.8) is 0 Å². The topological polar surface area (TPSA) is 57.7 Å². The highest BCUT2D eigenvalue weighted by molar-refractivity contribution is 6.22. The first-order chi connectivity index (χ1) is 9.58. The molecule has 3 rings (SSSR count). The van der Waals surface area contributed by atoms with Crippen LogP contribution in [0.5, 0.6) is 0 Å². The Morgan fingerprint density at radius 3 is 2.15 bits per heavy atom. The maximum Gasteiger partial charge on any atom is 0.239 e. The summed E-state index contributed by atoms with van der Waals surface area (Å²) in [7, 11) is 0. The van der Waals surface area contributed by atoms with E-state index in [1.165, 1.54) is 11.8 Å². The van der Waals surface area contributed by atoms with Gasteiger partial charge in [0.1, 0.15) is 5.78 Å². The molecule has 104 valence electrons. The second-order valence-corrected chi connectivity index (χ2v) is 5.46. The third kappa shape index (κ3) is 2.04. The summed E-state index contributed by atoms with van der Waals surface area (Å²) >= 11 is 0. The number of imide groups is 1. The van der Waals surface area contributed by atoms with E-state index in [9.17, 15) is 14.4 Å². The number of carbonyl (C=O) groups is 3. The van der Waals surface area contributed by atoms with Gasteiger partial charge < -0.3 is 0 Å². The molecule has 0 aliphatic carbocycles. The van der Waals surface area contributed by atoms with Crippen LogP contribution >= 0.6 is 0 Å². The molecule has 5 nitrogen and oxygen atoms in total. The van der Waals surface area contributed by atoms with Gasteiger partial charge in [-0.3, -0.25) is 19.3 Å². The van der Waals surface area contributed by atoms with E-state index in [4.69, 9.17) is 0 Å². The van der Waals surface area contributed by atoms with Crippen LogP contribution in [-0.2, 0) is 14.4 Å². The van der Waals surface area contributed by atoms with Gasteiger partial charge in [-0.2, -0.15) is 0 Å². The molecule has 2 aliphatic rings. The van der Waals surface area contributed by atoms with Crippen molar-refractivity contribution in [2.24, 2.45) is 11.8 Å². The molecule has 0 radical (unpaired) electrons. The fourth-order valence-corrected chi connectivity index (χ4v) is 3.10. The van der Waals surface area contributed by atoms with E-state index in [0.29, 0.717) is 25.3 Å². The van der Waals surface area contributed by atoms with E-state index in [2.05, 4.69) is 0 Å². The Balaban J connectivity index is 1.81. The van der Waals surface area contributed by atoms with Crippen LogP contribution in [0.4, 0.5) is 5.69 Å². The molecular weight excluding hydrogens is 256 g/mol. The number of nitrogens with zero attached hydrogens (tertiary/aromatic N) is 2. The molecule has 2 saturated heterocycles. The number of benzene rings is 1. The number of anilines is 1. The average molecular weight is 272 g/mol. The van der Waals surface area contributed by atoms with E-state index in [1.807, 2.05) is 23.1 Å². The first-order valence-electron chi connectivity index (χ1n) is 6.72. The molecule has 2 aliphatic heterocycles. The predicted molar refractivity (Wildman–Crippen MR) is 73.0 cm³/mol. The van der Waals surface area contributed by atoms with Gasteiger partial charge in [0.25, 0.3) is 0 Å². The van der Waals surface area contributed by atoms with Crippen LogP contribution in [0.15, 0.2) is 30.3 Å². The number of rotatable bonds is 3. The molecule has 2 atom stereocenters. The molecule has 1 aromatic carbocycles. The lowest BCUT2D eigenvalue weighted by Gasteiger charge is -2.19. The lowest BCUT2D eigenvalue weighted by atomic mass is 10.00. The third-order valence-corrected chi connectivity index (χ3v) is 3.93. The number of hydrogen-bond donors (Lipinski definition) is 0. The fraction of sp³-hybridized carbons (Fsp3) is 0.400. The number of hydrogen-bond acceptors (Lipinski definition) is 4. The van der Waals surface area contributed by atoms with Crippen molar-refractivity contribution >= 4 is 23.3 Å². The molecule has 5 heteroatoms. The number of likely N-dealkylation sites (tertiary alicyclic amines) is 1. The highest BCUT2D eigenvalue weighted by Gasteiger charge is 2.52. The SMILES string of the molecule is CC(=O)CN1CC2C(=O)N(c3ccccc3)C(=O)C2C1. The molecule has 2 amide bonds.